The van der Waals surface area contributed by atoms with Crippen molar-refractivity contribution in [2.24, 2.45) is 0 Å². The summed E-state index contributed by atoms with van der Waals surface area (Å²) in [6.07, 6.45) is 1.59. The first-order valence-electron chi connectivity index (χ1n) is 6.32. The van der Waals surface area contributed by atoms with Gasteiger partial charge in [0, 0.05) is 0 Å². The smallest absolute Gasteiger partial charge is 0.185 e. The molecule has 0 saturated carbocycles. The van der Waals surface area contributed by atoms with E-state index in [0.717, 1.165) is 10.9 Å². The first kappa shape index (κ1) is 12.1. The van der Waals surface area contributed by atoms with Gasteiger partial charge in [-0.25, -0.2) is 14.5 Å². The van der Waals surface area contributed by atoms with Crippen molar-refractivity contribution >= 4 is 28.2 Å². The lowest BCUT2D eigenvalue weighted by Gasteiger charge is -1.99. The van der Waals surface area contributed by atoms with Gasteiger partial charge in [-0.1, -0.05) is 29.8 Å². The van der Waals surface area contributed by atoms with Gasteiger partial charge >= 0.3 is 0 Å². The number of hydrogen-bond acceptors (Lipinski definition) is 4. The molecular formula is C15H9ClN4O. The van der Waals surface area contributed by atoms with Crippen LogP contribution in [-0.4, -0.2) is 24.7 Å². The number of phenols is 1. The summed E-state index contributed by atoms with van der Waals surface area (Å²) in [4.78, 5) is 8.81. The Morgan fingerprint density at radius 3 is 2.76 bits per heavy atom. The lowest BCUT2D eigenvalue weighted by atomic mass is 10.2. The van der Waals surface area contributed by atoms with E-state index in [4.69, 9.17) is 11.6 Å². The summed E-state index contributed by atoms with van der Waals surface area (Å²) in [5, 5.41) is 15.6. The second kappa shape index (κ2) is 4.43. The van der Waals surface area contributed by atoms with Crippen LogP contribution in [0.25, 0.3) is 27.9 Å². The monoisotopic (exact) mass is 296 g/mol. The average molecular weight is 297 g/mol. The number of aromatic hydroxyl groups is 1. The van der Waals surface area contributed by atoms with E-state index in [1.54, 1.807) is 35.1 Å². The van der Waals surface area contributed by atoms with Gasteiger partial charge in [-0.05, 0) is 24.3 Å². The Morgan fingerprint density at radius 1 is 1.05 bits per heavy atom. The molecule has 0 unspecified atom stereocenters. The van der Waals surface area contributed by atoms with Crippen molar-refractivity contribution in [2.75, 3.05) is 0 Å². The van der Waals surface area contributed by atoms with Crippen LogP contribution in [-0.2, 0) is 0 Å². The molecule has 5 nitrogen and oxygen atoms in total. The Balaban J connectivity index is 2.07. The molecule has 0 saturated heterocycles. The maximum Gasteiger partial charge on any atom is 0.185 e. The summed E-state index contributed by atoms with van der Waals surface area (Å²) in [6, 6.07) is 12.4. The van der Waals surface area contributed by atoms with E-state index in [0.29, 0.717) is 22.1 Å². The van der Waals surface area contributed by atoms with Crippen molar-refractivity contribution in [3.63, 3.8) is 0 Å². The third-order valence-corrected chi connectivity index (χ3v) is 3.61. The second-order valence-electron chi connectivity index (χ2n) is 4.60. The van der Waals surface area contributed by atoms with E-state index in [2.05, 4.69) is 15.1 Å². The minimum Gasteiger partial charge on any atom is -0.507 e. The van der Waals surface area contributed by atoms with Crippen LogP contribution < -0.4 is 0 Å². The Bertz CT molecular complexity index is 980. The van der Waals surface area contributed by atoms with Crippen molar-refractivity contribution in [3.8, 4) is 17.1 Å². The van der Waals surface area contributed by atoms with Gasteiger partial charge in [0.05, 0.1) is 21.5 Å². The summed E-state index contributed by atoms with van der Waals surface area (Å²) in [5.41, 5.74) is 1.94. The molecule has 0 aliphatic heterocycles. The molecule has 1 N–H and O–H groups in total. The number of rotatable bonds is 1. The molecule has 0 atom stereocenters. The van der Waals surface area contributed by atoms with Crippen LogP contribution in [0.2, 0.25) is 5.02 Å². The molecule has 0 spiro atoms. The van der Waals surface area contributed by atoms with Gasteiger partial charge in [0.2, 0.25) is 0 Å². The summed E-state index contributed by atoms with van der Waals surface area (Å²) < 4.78 is 1.57. The molecular weight excluding hydrogens is 288 g/mol. The molecule has 4 rings (SSSR count). The average Bonchev–Trinajstić information content (AvgIpc) is 2.91. The topological polar surface area (TPSA) is 63.3 Å². The molecule has 0 radical (unpaired) electrons. The molecule has 2 aromatic heterocycles. The second-order valence-corrected chi connectivity index (χ2v) is 5.01. The van der Waals surface area contributed by atoms with E-state index >= 15 is 0 Å². The Hall–Kier alpha value is -2.66. The van der Waals surface area contributed by atoms with Crippen LogP contribution >= 0.6 is 11.6 Å². The molecule has 4 aromatic rings. The fraction of sp³-hybridized carbons (Fsp3) is 0. The Kier molecular flexibility index (Phi) is 2.55. The molecule has 21 heavy (non-hydrogen) atoms. The molecule has 0 aliphatic carbocycles. The largest absolute Gasteiger partial charge is 0.507 e. The number of phenolic OH excluding ortho intramolecular Hbond substituents is 1. The fourth-order valence-electron chi connectivity index (χ4n) is 2.31. The molecule has 0 bridgehead atoms. The predicted octanol–water partition coefficient (Wildman–Crippen LogP) is 3.30. The van der Waals surface area contributed by atoms with Crippen LogP contribution in [0.1, 0.15) is 0 Å². The van der Waals surface area contributed by atoms with Crippen molar-refractivity contribution in [2.45, 2.75) is 0 Å². The molecule has 2 aromatic carbocycles. The van der Waals surface area contributed by atoms with Crippen LogP contribution in [0.5, 0.6) is 5.75 Å². The first-order valence-corrected chi connectivity index (χ1v) is 6.70. The molecule has 0 fully saturated rings. The van der Waals surface area contributed by atoms with Gasteiger partial charge in [0.15, 0.2) is 11.5 Å². The molecule has 0 amide bonds. The van der Waals surface area contributed by atoms with Crippen molar-refractivity contribution < 1.29 is 5.11 Å². The summed E-state index contributed by atoms with van der Waals surface area (Å²) >= 11 is 6.25. The minimum atomic E-state index is 0.136. The van der Waals surface area contributed by atoms with E-state index in [1.807, 2.05) is 18.2 Å². The maximum absolute atomic E-state index is 9.93. The van der Waals surface area contributed by atoms with Crippen molar-refractivity contribution in [1.29, 1.82) is 0 Å². The van der Waals surface area contributed by atoms with Gasteiger partial charge in [-0.2, -0.15) is 0 Å². The van der Waals surface area contributed by atoms with Gasteiger partial charge in [-0.3, -0.25) is 0 Å². The minimum absolute atomic E-state index is 0.136. The molecule has 6 heteroatoms. The van der Waals surface area contributed by atoms with Crippen molar-refractivity contribution in [1.82, 2.24) is 19.6 Å². The van der Waals surface area contributed by atoms with Crippen LogP contribution in [0.15, 0.2) is 48.8 Å². The summed E-state index contributed by atoms with van der Waals surface area (Å²) in [7, 11) is 0. The highest BCUT2D eigenvalue weighted by atomic mass is 35.5. The van der Waals surface area contributed by atoms with Gasteiger partial charge in [-0.15, -0.1) is 5.10 Å². The number of benzene rings is 2. The van der Waals surface area contributed by atoms with Crippen LogP contribution in [0, 0.1) is 0 Å². The number of nitrogens with zero attached hydrogens (tertiary/aromatic N) is 4. The SMILES string of the molecule is Oc1ccccc1-c1nc2c3c(Cl)cccc3ncn2n1. The fourth-order valence-corrected chi connectivity index (χ4v) is 2.56. The van der Waals surface area contributed by atoms with Crippen LogP contribution in [0.4, 0.5) is 0 Å². The summed E-state index contributed by atoms with van der Waals surface area (Å²) in [6.45, 7) is 0. The van der Waals surface area contributed by atoms with E-state index in [9.17, 15) is 5.11 Å². The van der Waals surface area contributed by atoms with E-state index in [1.165, 1.54) is 0 Å². The Morgan fingerprint density at radius 2 is 1.90 bits per heavy atom. The number of halogens is 1. The van der Waals surface area contributed by atoms with Gasteiger partial charge in [0.25, 0.3) is 0 Å². The normalized spacial score (nSPS) is 11.3. The van der Waals surface area contributed by atoms with Crippen molar-refractivity contribution in [3.05, 3.63) is 53.8 Å². The molecule has 2 heterocycles. The van der Waals surface area contributed by atoms with Gasteiger partial charge in [0.1, 0.15) is 12.1 Å². The third-order valence-electron chi connectivity index (χ3n) is 3.30. The highest BCUT2D eigenvalue weighted by Crippen LogP contribution is 2.29. The first-order chi connectivity index (χ1) is 10.2. The zero-order valence-electron chi connectivity index (χ0n) is 10.7. The molecule has 102 valence electrons. The Labute approximate surface area is 124 Å². The maximum atomic E-state index is 9.93. The number of fused-ring (bicyclic) bond motifs is 3. The van der Waals surface area contributed by atoms with Gasteiger partial charge < -0.3 is 5.11 Å². The zero-order valence-corrected chi connectivity index (χ0v) is 11.5. The standard InChI is InChI=1S/C15H9ClN4O/c16-10-5-3-6-11-13(10)15-18-14(19-20(15)8-17-11)9-4-1-2-7-12(9)21/h1-8,21H. The quantitative estimate of drug-likeness (QED) is 0.585. The lowest BCUT2D eigenvalue weighted by molar-refractivity contribution is 0.477. The third kappa shape index (κ3) is 1.82. The van der Waals surface area contributed by atoms with Crippen LogP contribution in [0.3, 0.4) is 0 Å². The van der Waals surface area contributed by atoms with E-state index in [-0.39, 0.29) is 5.75 Å². The molecule has 0 aliphatic rings. The number of hydrogen-bond donors (Lipinski definition) is 1. The number of para-hydroxylation sites is 1. The zero-order chi connectivity index (χ0) is 14.4. The summed E-state index contributed by atoms with van der Waals surface area (Å²) in [5.74, 6) is 0.569. The predicted molar refractivity (Wildman–Crippen MR) is 80.4 cm³/mol. The van der Waals surface area contributed by atoms with E-state index < -0.39 is 0 Å². The number of aromatic nitrogens is 4. The lowest BCUT2D eigenvalue weighted by Crippen LogP contribution is -1.91. The highest BCUT2D eigenvalue weighted by Gasteiger charge is 2.13. The highest BCUT2D eigenvalue weighted by molar-refractivity contribution is 6.36.